The summed E-state index contributed by atoms with van der Waals surface area (Å²) in [6.45, 7) is 3.40. The zero-order chi connectivity index (χ0) is 38.8. The first-order valence-electron chi connectivity index (χ1n) is 20.4. The van der Waals surface area contributed by atoms with Crippen molar-refractivity contribution in [3.05, 3.63) is 46.3 Å². The van der Waals surface area contributed by atoms with Crippen molar-refractivity contribution in [3.8, 4) is 11.5 Å². The normalized spacial score (nSPS) is 29.2. The zero-order valence-electron chi connectivity index (χ0n) is 32.5. The van der Waals surface area contributed by atoms with Crippen molar-refractivity contribution in [2.24, 2.45) is 27.8 Å². The number of allylic oxidation sites excluding steroid dienone is 2. The number of aryl methyl sites for hydroxylation is 1. The third-order valence-corrected chi connectivity index (χ3v) is 14.1. The van der Waals surface area contributed by atoms with Gasteiger partial charge in [-0.3, -0.25) is 9.59 Å². The molecule has 304 valence electrons. The molecule has 1 aromatic rings. The number of nitrogens with one attached hydrogen (secondary N) is 2. The van der Waals surface area contributed by atoms with Crippen molar-refractivity contribution < 1.29 is 29.3 Å². The summed E-state index contributed by atoms with van der Waals surface area (Å²) in [5, 5.41) is 29.4. The van der Waals surface area contributed by atoms with Crippen LogP contribution in [0.15, 0.2) is 34.6 Å². The molecule has 0 spiro atoms. The number of aliphatic imine (C=N–C) groups is 1. The van der Waals surface area contributed by atoms with Crippen molar-refractivity contribution in [1.82, 2.24) is 15.5 Å². The Hall–Kier alpha value is -3.23. The summed E-state index contributed by atoms with van der Waals surface area (Å²) >= 11 is 0. The molecule has 0 aromatic heterocycles. The summed E-state index contributed by atoms with van der Waals surface area (Å²) in [4.78, 5) is 32.6. The van der Waals surface area contributed by atoms with Crippen LogP contribution in [-0.2, 0) is 33.7 Å². The van der Waals surface area contributed by atoms with E-state index in [1.165, 1.54) is 6.92 Å². The number of phenols is 1. The van der Waals surface area contributed by atoms with Crippen LogP contribution in [-0.4, -0.2) is 82.5 Å². The molecule has 1 aromatic carbocycles. The minimum Gasteiger partial charge on any atom is -0.504 e. The number of rotatable bonds is 3. The van der Waals surface area contributed by atoms with Gasteiger partial charge in [-0.2, -0.15) is 0 Å². The maximum Gasteiger partial charge on any atom is 0.302 e. The zero-order valence-corrected chi connectivity index (χ0v) is 34.1. The van der Waals surface area contributed by atoms with Crippen LogP contribution in [0.4, 0.5) is 0 Å². The Labute approximate surface area is 334 Å². The van der Waals surface area contributed by atoms with Crippen LogP contribution in [0.5, 0.6) is 11.5 Å². The van der Waals surface area contributed by atoms with Crippen LogP contribution in [0.3, 0.4) is 0 Å². The van der Waals surface area contributed by atoms with Gasteiger partial charge in [-0.05, 0) is 99.8 Å². The number of carbonyl (C=O) groups excluding carboxylic acids is 2. The lowest BCUT2D eigenvalue weighted by Gasteiger charge is -2.31. The van der Waals surface area contributed by atoms with Gasteiger partial charge in [0.2, 0.25) is 5.91 Å². The molecular formula is C41H62N6O6S2. The van der Waals surface area contributed by atoms with E-state index in [1.807, 2.05) is 17.0 Å². The summed E-state index contributed by atoms with van der Waals surface area (Å²) in [6, 6.07) is 2.05. The highest BCUT2D eigenvalue weighted by molar-refractivity contribution is 8.76. The molecule has 5 atom stereocenters. The molecule has 0 radical (unpaired) electrons. The van der Waals surface area contributed by atoms with Crippen LogP contribution in [0.1, 0.15) is 114 Å². The van der Waals surface area contributed by atoms with Gasteiger partial charge >= 0.3 is 5.97 Å². The first kappa shape index (κ1) is 41.4. The number of fused-ring (bicyclic) bond motifs is 7. The minimum atomic E-state index is -0.561. The number of hydrogen-bond acceptors (Lipinski definition) is 13. The molecule has 55 heavy (non-hydrogen) atoms. The monoisotopic (exact) mass is 798 g/mol. The molecular weight excluding hydrogens is 737 g/mol. The molecule has 5 aliphatic rings. The van der Waals surface area contributed by atoms with Gasteiger partial charge in [0, 0.05) is 68.2 Å². The minimum absolute atomic E-state index is 0.0375. The Morgan fingerprint density at radius 1 is 1.07 bits per heavy atom. The summed E-state index contributed by atoms with van der Waals surface area (Å²) in [6.07, 6.45) is 16.2. The number of benzene rings is 1. The SMILES string of the molecule is CC(=O)O[C@@H]1CCc2cc(c(O)c3c2CC[C@H]2CCC[C@@H]2O3)CN2C[C@](CC3=CCNC(N)=C3)(CCNC(N)=NCSSCCCCCC[C@H](O)C1)CC2=O. The summed E-state index contributed by atoms with van der Waals surface area (Å²) in [5.41, 5.74) is 15.9. The van der Waals surface area contributed by atoms with E-state index in [2.05, 4.69) is 21.7 Å². The molecule has 2 fully saturated rings. The molecule has 6 rings (SSSR count). The Morgan fingerprint density at radius 3 is 2.76 bits per heavy atom. The van der Waals surface area contributed by atoms with Crippen LogP contribution >= 0.6 is 21.6 Å². The van der Waals surface area contributed by atoms with Crippen LogP contribution in [0.25, 0.3) is 0 Å². The number of nitrogens with zero attached hydrogens (tertiary/aromatic N) is 2. The second kappa shape index (κ2) is 19.8. The van der Waals surface area contributed by atoms with E-state index in [1.54, 1.807) is 21.6 Å². The average Bonchev–Trinajstić information content (AvgIpc) is 3.65. The molecule has 1 saturated heterocycles. The molecule has 4 aliphatic heterocycles. The van der Waals surface area contributed by atoms with E-state index in [4.69, 9.17) is 20.9 Å². The van der Waals surface area contributed by atoms with E-state index >= 15 is 0 Å². The lowest BCUT2D eigenvalue weighted by molar-refractivity contribution is -0.148. The second-order valence-electron chi connectivity index (χ2n) is 16.3. The van der Waals surface area contributed by atoms with Gasteiger partial charge in [0.15, 0.2) is 17.5 Å². The maximum atomic E-state index is 14.0. The van der Waals surface area contributed by atoms with E-state index in [-0.39, 0.29) is 35.7 Å². The number of aliphatic hydroxyl groups is 1. The molecule has 1 saturated carbocycles. The van der Waals surface area contributed by atoms with Crippen molar-refractivity contribution >= 4 is 39.4 Å². The van der Waals surface area contributed by atoms with Crippen LogP contribution in [0, 0.1) is 11.3 Å². The first-order chi connectivity index (χ1) is 26.6. The molecule has 4 bridgehead atoms. The van der Waals surface area contributed by atoms with Crippen molar-refractivity contribution in [3.63, 3.8) is 0 Å². The fraction of sp³-hybridized carbons (Fsp3) is 0.683. The maximum absolute atomic E-state index is 14.0. The number of carbonyl (C=O) groups is 2. The lowest BCUT2D eigenvalue weighted by atomic mass is 9.77. The lowest BCUT2D eigenvalue weighted by Crippen LogP contribution is -2.37. The number of esters is 1. The number of aliphatic hydroxyl groups excluding tert-OH is 1. The van der Waals surface area contributed by atoms with Crippen LogP contribution in [0.2, 0.25) is 0 Å². The topological polar surface area (TPSA) is 185 Å². The molecule has 0 unspecified atom stereocenters. The third-order valence-electron chi connectivity index (χ3n) is 12.0. The number of phenolic OH excluding ortho intramolecular Hbond substituents is 1. The average molecular weight is 799 g/mol. The van der Waals surface area contributed by atoms with Crippen molar-refractivity contribution in [1.29, 1.82) is 0 Å². The Morgan fingerprint density at radius 2 is 1.93 bits per heavy atom. The molecule has 14 heteroatoms. The summed E-state index contributed by atoms with van der Waals surface area (Å²) in [7, 11) is 3.48. The Balaban J connectivity index is 1.29. The van der Waals surface area contributed by atoms with Gasteiger partial charge < -0.3 is 46.7 Å². The highest BCUT2D eigenvalue weighted by atomic mass is 33.1. The number of aromatic hydroxyl groups is 1. The van der Waals surface area contributed by atoms with Gasteiger partial charge in [-0.1, -0.05) is 46.9 Å². The van der Waals surface area contributed by atoms with E-state index in [0.717, 1.165) is 80.2 Å². The largest absolute Gasteiger partial charge is 0.504 e. The van der Waals surface area contributed by atoms with Crippen molar-refractivity contribution in [2.75, 3.05) is 31.3 Å². The highest BCUT2D eigenvalue weighted by Crippen LogP contribution is 2.47. The van der Waals surface area contributed by atoms with Gasteiger partial charge in [-0.15, -0.1) is 0 Å². The number of ether oxygens (including phenoxy) is 2. The number of amides is 1. The quantitative estimate of drug-likeness (QED) is 0.166. The summed E-state index contributed by atoms with van der Waals surface area (Å²) in [5.74, 6) is 3.40. The molecule has 1 aliphatic carbocycles. The fourth-order valence-corrected chi connectivity index (χ4v) is 11.0. The van der Waals surface area contributed by atoms with Gasteiger partial charge in [-0.25, -0.2) is 4.99 Å². The number of guanidine groups is 1. The highest BCUT2D eigenvalue weighted by Gasteiger charge is 2.44. The third kappa shape index (κ3) is 11.7. The van der Waals surface area contributed by atoms with E-state index in [0.29, 0.717) is 99.5 Å². The van der Waals surface area contributed by atoms with E-state index < -0.39 is 12.2 Å². The van der Waals surface area contributed by atoms with Gasteiger partial charge in [0.1, 0.15) is 12.2 Å². The summed E-state index contributed by atoms with van der Waals surface area (Å²) < 4.78 is 12.5. The number of hydrogen-bond donors (Lipinski definition) is 6. The van der Waals surface area contributed by atoms with Crippen molar-refractivity contribution in [2.45, 2.75) is 135 Å². The molecule has 1 amide bonds. The van der Waals surface area contributed by atoms with Gasteiger partial charge in [0.25, 0.3) is 0 Å². The van der Waals surface area contributed by atoms with Crippen LogP contribution < -0.4 is 26.8 Å². The first-order valence-corrected chi connectivity index (χ1v) is 22.9. The molecule has 4 heterocycles. The second-order valence-corrected chi connectivity index (χ2v) is 18.8. The molecule has 8 N–H and O–H groups in total. The standard InChI is InChI=1S/C41H62N6O6S2/c1-27(48)52-33-12-10-30-20-31(38(51)39-34(30)13-11-29-7-6-9-35(29)53-39)24-47-25-41(23-37(47)50,22-28-14-16-44-36(42)19-28)15-17-45-40(43)46-26-55-54-18-5-3-2-4-8-32(49)21-33/h14,19-20,29,32-33,35,44,49,51H,2-13,15-18,21-26,42H2,1H3,(H3,43,45,46)/t29-,32+,33-,35+,41+/m1/s1. The van der Waals surface area contributed by atoms with Gasteiger partial charge in [0.05, 0.1) is 17.8 Å². The Bertz CT molecular complexity index is 1600. The number of nitrogens with two attached hydrogens (primary N) is 2. The Kier molecular flexibility index (Phi) is 14.9. The molecule has 12 nitrogen and oxygen atoms in total. The number of dihydropyridines is 1. The predicted molar refractivity (Wildman–Crippen MR) is 220 cm³/mol. The predicted octanol–water partition coefficient (Wildman–Crippen LogP) is 5.54. The fourth-order valence-electron chi connectivity index (χ4n) is 9.18. The van der Waals surface area contributed by atoms with E-state index in [9.17, 15) is 19.8 Å². The smallest absolute Gasteiger partial charge is 0.302 e.